The Morgan fingerprint density at radius 1 is 1.03 bits per heavy atom. The predicted molar refractivity (Wildman–Crippen MR) is 114 cm³/mol. The highest BCUT2D eigenvalue weighted by Gasteiger charge is 2.08. The largest absolute Gasteiger partial charge is 0.484 e. The molecule has 0 aliphatic carbocycles. The van der Waals surface area contributed by atoms with Crippen LogP contribution in [0.3, 0.4) is 0 Å². The van der Waals surface area contributed by atoms with Gasteiger partial charge in [0.05, 0.1) is 6.61 Å². The molecule has 2 amide bonds. The molecule has 0 aliphatic heterocycles. The first-order chi connectivity index (χ1) is 14.6. The zero-order valence-corrected chi connectivity index (χ0v) is 16.9. The average molecular weight is 407 g/mol. The first-order valence-corrected chi connectivity index (χ1v) is 9.55. The Balaban J connectivity index is 1.78. The molecule has 0 aromatic heterocycles. The Morgan fingerprint density at radius 2 is 1.77 bits per heavy atom. The summed E-state index contributed by atoms with van der Waals surface area (Å²) in [5, 5.41) is 14.6. The molecule has 7 heteroatoms. The highest BCUT2D eigenvalue weighted by molar-refractivity contribution is 6.01. The van der Waals surface area contributed by atoms with Gasteiger partial charge in [0.25, 0.3) is 11.8 Å². The number of benzene rings is 2. The van der Waals surface area contributed by atoms with Crippen molar-refractivity contribution in [1.29, 1.82) is 5.26 Å². The van der Waals surface area contributed by atoms with Crippen molar-refractivity contribution < 1.29 is 19.1 Å². The van der Waals surface area contributed by atoms with Crippen LogP contribution in [-0.2, 0) is 20.7 Å². The fraction of sp³-hybridized carbons (Fsp3) is 0.261. The van der Waals surface area contributed by atoms with Crippen LogP contribution in [0.1, 0.15) is 11.1 Å². The molecule has 2 rings (SSSR count). The second kappa shape index (κ2) is 12.8. The Kier molecular flexibility index (Phi) is 9.63. The average Bonchev–Trinajstić information content (AvgIpc) is 2.77. The number of amides is 2. The molecule has 0 bridgehead atoms. The van der Waals surface area contributed by atoms with Gasteiger partial charge < -0.3 is 20.1 Å². The molecule has 7 nitrogen and oxygen atoms in total. The molecule has 0 heterocycles. The van der Waals surface area contributed by atoms with Crippen LogP contribution in [0, 0.1) is 11.3 Å². The lowest BCUT2D eigenvalue weighted by atomic mass is 10.1. The summed E-state index contributed by atoms with van der Waals surface area (Å²) in [6.07, 6.45) is 2.25. The summed E-state index contributed by atoms with van der Waals surface area (Å²) >= 11 is 0. The Morgan fingerprint density at radius 3 is 2.43 bits per heavy atom. The first kappa shape index (κ1) is 22.7. The molecular formula is C23H25N3O4. The van der Waals surface area contributed by atoms with Gasteiger partial charge in [-0.1, -0.05) is 42.5 Å². The molecule has 0 aliphatic rings. The Labute approximate surface area is 176 Å². The van der Waals surface area contributed by atoms with Crippen molar-refractivity contribution in [3.8, 4) is 11.8 Å². The van der Waals surface area contributed by atoms with Crippen LogP contribution in [-0.4, -0.2) is 45.2 Å². The Bertz CT molecular complexity index is 887. The molecular weight excluding hydrogens is 382 g/mol. The zero-order chi connectivity index (χ0) is 21.6. The van der Waals surface area contributed by atoms with Gasteiger partial charge in [0.15, 0.2) is 6.61 Å². The normalized spacial score (nSPS) is 10.7. The van der Waals surface area contributed by atoms with Gasteiger partial charge in [0.1, 0.15) is 17.4 Å². The van der Waals surface area contributed by atoms with Crippen molar-refractivity contribution in [1.82, 2.24) is 10.6 Å². The molecule has 156 valence electrons. The fourth-order valence-corrected chi connectivity index (χ4v) is 2.53. The van der Waals surface area contributed by atoms with Gasteiger partial charge in [-0.05, 0) is 35.8 Å². The van der Waals surface area contributed by atoms with Crippen molar-refractivity contribution in [2.45, 2.75) is 6.42 Å². The number of nitrogens with one attached hydrogen (secondary N) is 2. The van der Waals surface area contributed by atoms with Gasteiger partial charge in [-0.15, -0.1) is 0 Å². The smallest absolute Gasteiger partial charge is 0.262 e. The third-order valence-corrected chi connectivity index (χ3v) is 4.10. The maximum atomic E-state index is 11.9. The predicted octanol–water partition coefficient (Wildman–Crippen LogP) is 2.09. The van der Waals surface area contributed by atoms with E-state index in [2.05, 4.69) is 10.6 Å². The summed E-state index contributed by atoms with van der Waals surface area (Å²) in [7, 11) is 1.53. The number of nitriles is 1. The molecule has 2 aromatic rings. The minimum Gasteiger partial charge on any atom is -0.484 e. The van der Waals surface area contributed by atoms with E-state index in [9.17, 15) is 14.9 Å². The number of methoxy groups -OCH3 is 1. The van der Waals surface area contributed by atoms with E-state index in [0.717, 1.165) is 12.0 Å². The second-order valence-corrected chi connectivity index (χ2v) is 6.36. The van der Waals surface area contributed by atoms with Gasteiger partial charge >= 0.3 is 0 Å². The minimum absolute atomic E-state index is 0.00225. The van der Waals surface area contributed by atoms with Crippen molar-refractivity contribution in [3.63, 3.8) is 0 Å². The van der Waals surface area contributed by atoms with Crippen LogP contribution in [0.5, 0.6) is 5.75 Å². The summed E-state index contributed by atoms with van der Waals surface area (Å²) in [4.78, 5) is 23.9. The molecule has 0 spiro atoms. The van der Waals surface area contributed by atoms with E-state index in [-0.39, 0.29) is 18.1 Å². The van der Waals surface area contributed by atoms with Crippen LogP contribution in [0.25, 0.3) is 6.08 Å². The van der Waals surface area contributed by atoms with Crippen molar-refractivity contribution in [2.24, 2.45) is 0 Å². The quantitative estimate of drug-likeness (QED) is 0.338. The highest BCUT2D eigenvalue weighted by Crippen LogP contribution is 2.14. The fourth-order valence-electron chi connectivity index (χ4n) is 2.53. The molecule has 0 unspecified atom stereocenters. The summed E-state index contributed by atoms with van der Waals surface area (Å²) < 4.78 is 10.3. The van der Waals surface area contributed by atoms with Crippen molar-refractivity contribution in [3.05, 3.63) is 71.3 Å². The van der Waals surface area contributed by atoms with Gasteiger partial charge in [-0.25, -0.2) is 0 Å². The first-order valence-electron chi connectivity index (χ1n) is 9.55. The molecule has 30 heavy (non-hydrogen) atoms. The van der Waals surface area contributed by atoms with E-state index in [4.69, 9.17) is 9.47 Å². The van der Waals surface area contributed by atoms with Gasteiger partial charge in [-0.2, -0.15) is 5.26 Å². The van der Waals surface area contributed by atoms with Crippen LogP contribution < -0.4 is 15.4 Å². The van der Waals surface area contributed by atoms with Crippen LogP contribution in [0.15, 0.2) is 60.2 Å². The molecule has 0 saturated heterocycles. The highest BCUT2D eigenvalue weighted by atomic mass is 16.5. The number of rotatable bonds is 11. The molecule has 2 aromatic carbocycles. The lowest BCUT2D eigenvalue weighted by molar-refractivity contribution is -0.123. The number of ether oxygens (including phenoxy) is 2. The topological polar surface area (TPSA) is 100 Å². The number of nitrogens with zero attached hydrogens (tertiary/aromatic N) is 1. The van der Waals surface area contributed by atoms with Crippen molar-refractivity contribution >= 4 is 17.9 Å². The second-order valence-electron chi connectivity index (χ2n) is 6.36. The summed E-state index contributed by atoms with van der Waals surface area (Å²) in [5.74, 6) is -0.134. The van der Waals surface area contributed by atoms with Gasteiger partial charge in [0.2, 0.25) is 0 Å². The molecule has 0 saturated carbocycles. The molecule has 0 atom stereocenters. The van der Waals surface area contributed by atoms with E-state index in [0.29, 0.717) is 31.0 Å². The number of carbonyl (C=O) groups excluding carboxylic acids is 2. The van der Waals surface area contributed by atoms with Crippen LogP contribution >= 0.6 is 0 Å². The molecule has 0 fully saturated rings. The zero-order valence-electron chi connectivity index (χ0n) is 16.9. The summed E-state index contributed by atoms with van der Waals surface area (Å²) in [5.41, 5.74) is 1.83. The summed E-state index contributed by atoms with van der Waals surface area (Å²) in [6.45, 7) is 1.15. The monoisotopic (exact) mass is 407 g/mol. The lowest BCUT2D eigenvalue weighted by Crippen LogP contribution is -2.30. The van der Waals surface area contributed by atoms with Gasteiger partial charge in [0, 0.05) is 20.2 Å². The number of hydrogen-bond acceptors (Lipinski definition) is 5. The van der Waals surface area contributed by atoms with Crippen LogP contribution in [0.2, 0.25) is 0 Å². The SMILES string of the molecule is COCCNC(=O)/C(C#N)=C/c1ccc(OCC(=O)NCCc2ccccc2)cc1. The maximum absolute atomic E-state index is 11.9. The maximum Gasteiger partial charge on any atom is 0.262 e. The van der Waals surface area contributed by atoms with Crippen molar-refractivity contribution in [2.75, 3.05) is 33.4 Å². The van der Waals surface area contributed by atoms with E-state index >= 15 is 0 Å². The van der Waals surface area contributed by atoms with E-state index in [1.165, 1.54) is 13.2 Å². The Hall–Kier alpha value is -3.63. The summed E-state index contributed by atoms with van der Waals surface area (Å²) in [6, 6.07) is 18.6. The number of hydrogen-bond donors (Lipinski definition) is 2. The third-order valence-electron chi connectivity index (χ3n) is 4.10. The lowest BCUT2D eigenvalue weighted by Gasteiger charge is -2.08. The standard InChI is InChI=1S/C23H25N3O4/c1-29-14-13-26-23(28)20(16-24)15-19-7-9-21(10-8-19)30-17-22(27)25-12-11-18-5-3-2-4-6-18/h2-10,15H,11-14,17H2,1H3,(H,25,27)(H,26,28)/b20-15+. The molecule has 2 N–H and O–H groups in total. The van der Waals surface area contributed by atoms with E-state index in [1.807, 2.05) is 36.4 Å². The van der Waals surface area contributed by atoms with Gasteiger partial charge in [-0.3, -0.25) is 9.59 Å². The van der Waals surface area contributed by atoms with Crippen LogP contribution in [0.4, 0.5) is 0 Å². The molecule has 0 radical (unpaired) electrons. The van der Waals surface area contributed by atoms with E-state index < -0.39 is 5.91 Å². The minimum atomic E-state index is -0.456. The van der Waals surface area contributed by atoms with E-state index in [1.54, 1.807) is 24.3 Å². The number of carbonyl (C=O) groups is 2. The third kappa shape index (κ3) is 8.17.